The molecule has 0 saturated carbocycles. The fraction of sp³-hybridized carbons (Fsp3) is 0.444. The molecule has 0 aliphatic carbocycles. The number of esters is 1. The van der Waals surface area contributed by atoms with Crippen LogP contribution in [0.5, 0.6) is 0 Å². The van der Waals surface area contributed by atoms with Crippen molar-refractivity contribution in [1.82, 2.24) is 9.88 Å². The molecule has 9 nitrogen and oxygen atoms in total. The summed E-state index contributed by atoms with van der Waals surface area (Å²) in [5, 5.41) is 11.1. The van der Waals surface area contributed by atoms with Crippen molar-refractivity contribution in [3.05, 3.63) is 28.6 Å². The maximum atomic E-state index is 12.2. The van der Waals surface area contributed by atoms with Gasteiger partial charge in [0.2, 0.25) is 0 Å². The summed E-state index contributed by atoms with van der Waals surface area (Å²) in [5.41, 5.74) is 7.06. The second-order valence-electron chi connectivity index (χ2n) is 6.07. The second kappa shape index (κ2) is 9.54. The Morgan fingerprint density at radius 3 is 2.52 bits per heavy atom. The molecule has 0 aliphatic rings. The molecule has 0 saturated heterocycles. The number of aromatic nitrogens is 1. The molecule has 0 aromatic carbocycles. The number of nitrogens with zero attached hydrogens (tertiary/aromatic N) is 2. The van der Waals surface area contributed by atoms with Crippen molar-refractivity contribution in [2.45, 2.75) is 39.8 Å². The molecular weight excluding hydrogens is 352 g/mol. The van der Waals surface area contributed by atoms with Gasteiger partial charge in [-0.25, -0.2) is 9.59 Å². The average molecular weight is 376 g/mol. The molecule has 0 spiro atoms. The number of amides is 3. The number of carbonyl (C=O) groups excluding carboxylic acids is 3. The maximum Gasteiger partial charge on any atom is 0.349 e. The van der Waals surface area contributed by atoms with Crippen LogP contribution in [-0.4, -0.2) is 42.3 Å². The van der Waals surface area contributed by atoms with Crippen molar-refractivity contribution in [2.24, 2.45) is 5.73 Å². The summed E-state index contributed by atoms with van der Waals surface area (Å²) in [6.07, 6.45) is 0.121. The molecule has 9 heteroatoms. The number of urea groups is 1. The van der Waals surface area contributed by atoms with Crippen LogP contribution in [-0.2, 0) is 19.1 Å². The van der Waals surface area contributed by atoms with Crippen LogP contribution in [0.2, 0.25) is 0 Å². The van der Waals surface area contributed by atoms with Gasteiger partial charge >= 0.3 is 12.0 Å². The van der Waals surface area contributed by atoms with Gasteiger partial charge in [-0.05, 0) is 45.4 Å². The Balaban J connectivity index is 3.05. The summed E-state index contributed by atoms with van der Waals surface area (Å²) in [7, 11) is 1.62. The minimum Gasteiger partial charge on any atom is -0.448 e. The van der Waals surface area contributed by atoms with Crippen molar-refractivity contribution < 1.29 is 23.9 Å². The lowest BCUT2D eigenvalue weighted by molar-refractivity contribution is -0.150. The molecule has 27 heavy (non-hydrogen) atoms. The second-order valence-corrected chi connectivity index (χ2v) is 6.07. The van der Waals surface area contributed by atoms with Gasteiger partial charge in [-0.3, -0.25) is 10.1 Å². The van der Waals surface area contributed by atoms with Gasteiger partial charge in [-0.2, -0.15) is 5.26 Å². The number of nitrogens with one attached hydrogen (secondary N) is 1. The number of methoxy groups -OCH3 is 1. The number of nitriles is 1. The predicted molar refractivity (Wildman–Crippen MR) is 97.4 cm³/mol. The van der Waals surface area contributed by atoms with Crippen LogP contribution in [0.3, 0.4) is 0 Å². The zero-order valence-electron chi connectivity index (χ0n) is 16.0. The van der Waals surface area contributed by atoms with Gasteiger partial charge in [0.05, 0.1) is 12.6 Å². The van der Waals surface area contributed by atoms with E-state index in [-0.39, 0.29) is 11.6 Å². The molecule has 1 aromatic heterocycles. The molecule has 146 valence electrons. The van der Waals surface area contributed by atoms with E-state index in [4.69, 9.17) is 15.2 Å². The number of imide groups is 1. The highest BCUT2D eigenvalue weighted by molar-refractivity contribution is 6.01. The van der Waals surface area contributed by atoms with Crippen molar-refractivity contribution in [2.75, 3.05) is 13.7 Å². The van der Waals surface area contributed by atoms with Gasteiger partial charge in [0.15, 0.2) is 6.10 Å². The van der Waals surface area contributed by atoms with Crippen LogP contribution in [0.15, 0.2) is 11.6 Å². The monoisotopic (exact) mass is 376 g/mol. The molecule has 0 aliphatic heterocycles. The smallest absolute Gasteiger partial charge is 0.349 e. The summed E-state index contributed by atoms with van der Waals surface area (Å²) in [4.78, 5) is 34.5. The Morgan fingerprint density at radius 1 is 1.37 bits per heavy atom. The van der Waals surface area contributed by atoms with Crippen LogP contribution in [0.1, 0.15) is 36.8 Å². The molecule has 0 unspecified atom stereocenters. The van der Waals surface area contributed by atoms with Crippen molar-refractivity contribution >= 4 is 24.0 Å². The van der Waals surface area contributed by atoms with Crippen LogP contribution in [0, 0.1) is 25.2 Å². The number of carbonyl (C=O) groups is 3. The number of nitrogens with two attached hydrogens (primary N) is 1. The number of ether oxygens (including phenoxy) is 2. The number of hydrogen-bond acceptors (Lipinski definition) is 6. The van der Waals surface area contributed by atoms with Gasteiger partial charge in [-0.15, -0.1) is 0 Å². The fourth-order valence-electron chi connectivity index (χ4n) is 2.74. The molecule has 0 radical (unpaired) electrons. The molecular formula is C18H24N4O5. The third-order valence-corrected chi connectivity index (χ3v) is 3.91. The summed E-state index contributed by atoms with van der Waals surface area (Å²) < 4.78 is 12.1. The molecule has 1 rings (SSSR count). The Labute approximate surface area is 157 Å². The van der Waals surface area contributed by atoms with Crippen LogP contribution < -0.4 is 11.1 Å². The number of aryl methyl sites for hydroxylation is 1. The Morgan fingerprint density at radius 2 is 2.00 bits per heavy atom. The molecule has 1 aromatic rings. The third kappa shape index (κ3) is 5.69. The predicted octanol–water partition coefficient (Wildman–Crippen LogP) is 1.35. The molecule has 3 amide bonds. The lowest BCUT2D eigenvalue weighted by Gasteiger charge is -2.17. The van der Waals surface area contributed by atoms with E-state index in [0.29, 0.717) is 12.2 Å². The van der Waals surface area contributed by atoms with Crippen LogP contribution >= 0.6 is 0 Å². The first-order chi connectivity index (χ1) is 12.6. The van der Waals surface area contributed by atoms with Crippen molar-refractivity contribution in [3.63, 3.8) is 0 Å². The summed E-state index contributed by atoms with van der Waals surface area (Å²) >= 11 is 0. The molecule has 3 N–H and O–H groups in total. The summed E-state index contributed by atoms with van der Waals surface area (Å²) in [6.45, 7) is 7.56. The Bertz CT molecular complexity index is 803. The maximum absolute atomic E-state index is 12.2. The van der Waals surface area contributed by atoms with Gasteiger partial charge in [0, 0.05) is 18.5 Å². The van der Waals surface area contributed by atoms with Crippen LogP contribution in [0.25, 0.3) is 6.08 Å². The van der Waals surface area contributed by atoms with Crippen LogP contribution in [0.4, 0.5) is 4.79 Å². The normalized spacial score (nSPS) is 13.4. The lowest BCUT2D eigenvalue weighted by Crippen LogP contribution is -2.42. The number of primary amides is 1. The highest BCUT2D eigenvalue weighted by Crippen LogP contribution is 2.23. The van der Waals surface area contributed by atoms with E-state index in [1.165, 1.54) is 13.0 Å². The van der Waals surface area contributed by atoms with Gasteiger partial charge < -0.3 is 19.8 Å². The topological polar surface area (TPSA) is 136 Å². The van der Waals surface area contributed by atoms with E-state index in [1.54, 1.807) is 18.5 Å². The first kappa shape index (κ1) is 21.9. The lowest BCUT2D eigenvalue weighted by atomic mass is 10.1. The molecule has 0 bridgehead atoms. The molecule has 2 atom stereocenters. The van der Waals surface area contributed by atoms with E-state index in [1.807, 2.05) is 31.4 Å². The highest BCUT2D eigenvalue weighted by Gasteiger charge is 2.22. The van der Waals surface area contributed by atoms with Crippen molar-refractivity contribution in [1.29, 1.82) is 5.26 Å². The largest absolute Gasteiger partial charge is 0.448 e. The average Bonchev–Trinajstić information content (AvgIpc) is 2.85. The van der Waals surface area contributed by atoms with E-state index < -0.39 is 24.0 Å². The molecule has 0 fully saturated rings. The SMILES string of the molecule is COC[C@@H](C)n1c(C)cc(/C=C(\C#N)C(=O)O[C@H](C)C(=O)NC(N)=O)c1C. The Kier molecular flexibility index (Phi) is 7.75. The van der Waals surface area contributed by atoms with E-state index in [9.17, 15) is 19.6 Å². The number of hydrogen-bond donors (Lipinski definition) is 2. The zero-order chi connectivity index (χ0) is 20.7. The van der Waals surface area contributed by atoms with Gasteiger partial charge in [-0.1, -0.05) is 0 Å². The fourth-order valence-corrected chi connectivity index (χ4v) is 2.74. The van der Waals surface area contributed by atoms with Gasteiger partial charge in [0.25, 0.3) is 5.91 Å². The van der Waals surface area contributed by atoms with E-state index in [0.717, 1.165) is 11.4 Å². The quantitative estimate of drug-likeness (QED) is 0.419. The minimum atomic E-state index is -1.28. The Hall–Kier alpha value is -3.12. The minimum absolute atomic E-state index is 0.0761. The van der Waals surface area contributed by atoms with E-state index >= 15 is 0 Å². The molecule has 1 heterocycles. The third-order valence-electron chi connectivity index (χ3n) is 3.91. The van der Waals surface area contributed by atoms with E-state index in [2.05, 4.69) is 0 Å². The van der Waals surface area contributed by atoms with Crippen molar-refractivity contribution in [3.8, 4) is 6.07 Å². The summed E-state index contributed by atoms with van der Waals surface area (Å²) in [5.74, 6) is -1.85. The zero-order valence-corrected chi connectivity index (χ0v) is 16.0. The summed E-state index contributed by atoms with van der Waals surface area (Å²) in [6, 6.07) is 2.63. The highest BCUT2D eigenvalue weighted by atomic mass is 16.5. The standard InChI is InChI=1S/C18H24N4O5/c1-10-6-14(12(3)22(10)11(2)9-26-5)7-15(8-19)17(24)27-13(4)16(23)21-18(20)25/h6-7,11,13H,9H2,1-5H3,(H3,20,21,23,25)/b15-7+/t11-,13-/m1/s1. The first-order valence-corrected chi connectivity index (χ1v) is 8.22. The van der Waals surface area contributed by atoms with Gasteiger partial charge in [0.1, 0.15) is 11.6 Å². The number of rotatable bonds is 7. The first-order valence-electron chi connectivity index (χ1n) is 8.22.